The van der Waals surface area contributed by atoms with Crippen LogP contribution in [-0.2, 0) is 21.4 Å². The fraction of sp³-hybridized carbons (Fsp3) is 0.500. The van der Waals surface area contributed by atoms with Crippen molar-refractivity contribution in [3.05, 3.63) is 35.6 Å². The third kappa shape index (κ3) is 5.81. The maximum absolute atomic E-state index is 13.4. The van der Waals surface area contributed by atoms with Gasteiger partial charge in [0.2, 0.25) is 15.9 Å². The first-order valence-corrected chi connectivity index (χ1v) is 8.53. The fourth-order valence-corrected chi connectivity index (χ4v) is 3.13. The second-order valence-electron chi connectivity index (χ2n) is 5.09. The number of sulfonamides is 1. The van der Waals surface area contributed by atoms with Crippen LogP contribution in [0.3, 0.4) is 0 Å². The molecule has 7 heteroatoms. The minimum Gasteiger partial charge on any atom is -0.352 e. The van der Waals surface area contributed by atoms with E-state index in [9.17, 15) is 17.6 Å². The highest BCUT2D eigenvalue weighted by Crippen LogP contribution is 2.07. The minimum atomic E-state index is -3.34. The number of carbonyl (C=O) groups is 1. The van der Waals surface area contributed by atoms with E-state index in [1.165, 1.54) is 10.4 Å². The molecule has 5 nitrogen and oxygen atoms in total. The van der Waals surface area contributed by atoms with Gasteiger partial charge in [0.25, 0.3) is 0 Å². The summed E-state index contributed by atoms with van der Waals surface area (Å²) in [5.74, 6) is -0.690. The van der Waals surface area contributed by atoms with Gasteiger partial charge < -0.3 is 5.32 Å². The molecule has 0 spiro atoms. The molecule has 0 saturated carbocycles. The van der Waals surface area contributed by atoms with Crippen LogP contribution in [0, 0.1) is 5.82 Å². The highest BCUT2D eigenvalue weighted by Gasteiger charge is 2.20. The van der Waals surface area contributed by atoms with Gasteiger partial charge in [-0.15, -0.1) is 0 Å². The molecule has 0 aliphatic rings. The Balaban J connectivity index is 2.49. The minimum absolute atomic E-state index is 0.0414. The zero-order chi connectivity index (χ0) is 16.0. The maximum atomic E-state index is 13.4. The largest absolute Gasteiger partial charge is 0.352 e. The number of halogens is 1. The van der Waals surface area contributed by atoms with Gasteiger partial charge in [0.1, 0.15) is 5.82 Å². The molecule has 1 aromatic carbocycles. The standard InChI is InChI=1S/C14H21FN2O3S/c1-11(2)17(21(3,19)20)9-8-14(18)16-10-12-6-4-5-7-13(12)15/h4-7,11H,8-10H2,1-3H3,(H,16,18). The number of nitrogens with one attached hydrogen (secondary N) is 1. The number of benzene rings is 1. The lowest BCUT2D eigenvalue weighted by Gasteiger charge is -2.23. The Hall–Kier alpha value is -1.47. The second kappa shape index (κ2) is 7.51. The summed E-state index contributed by atoms with van der Waals surface area (Å²) in [7, 11) is -3.34. The lowest BCUT2D eigenvalue weighted by Crippen LogP contribution is -2.39. The number of carbonyl (C=O) groups excluding carboxylic acids is 1. The number of rotatable bonds is 7. The predicted molar refractivity (Wildman–Crippen MR) is 79.5 cm³/mol. The highest BCUT2D eigenvalue weighted by atomic mass is 32.2. The highest BCUT2D eigenvalue weighted by molar-refractivity contribution is 7.88. The molecule has 118 valence electrons. The average molecular weight is 316 g/mol. The van der Waals surface area contributed by atoms with Gasteiger partial charge in [-0.2, -0.15) is 4.31 Å². The number of nitrogens with zero attached hydrogens (tertiary/aromatic N) is 1. The molecule has 0 aliphatic carbocycles. The van der Waals surface area contributed by atoms with Crippen molar-refractivity contribution in [3.63, 3.8) is 0 Å². The van der Waals surface area contributed by atoms with Gasteiger partial charge in [0.05, 0.1) is 6.26 Å². The summed E-state index contributed by atoms with van der Waals surface area (Å²) in [5, 5.41) is 2.59. The van der Waals surface area contributed by atoms with Crippen LogP contribution in [0.2, 0.25) is 0 Å². The van der Waals surface area contributed by atoms with Gasteiger partial charge in [-0.25, -0.2) is 12.8 Å². The Morgan fingerprint density at radius 1 is 1.33 bits per heavy atom. The molecular weight excluding hydrogens is 295 g/mol. The topological polar surface area (TPSA) is 66.5 Å². The molecule has 1 amide bonds. The molecule has 1 rings (SSSR count). The average Bonchev–Trinajstić information content (AvgIpc) is 2.36. The first-order chi connectivity index (χ1) is 9.71. The molecule has 0 heterocycles. The maximum Gasteiger partial charge on any atom is 0.221 e. The summed E-state index contributed by atoms with van der Waals surface area (Å²) in [6, 6.07) is 5.97. The zero-order valence-electron chi connectivity index (χ0n) is 12.5. The van der Waals surface area contributed by atoms with Gasteiger partial charge in [-0.3, -0.25) is 4.79 Å². The van der Waals surface area contributed by atoms with Crippen LogP contribution < -0.4 is 5.32 Å². The third-order valence-corrected chi connectivity index (χ3v) is 4.45. The lowest BCUT2D eigenvalue weighted by molar-refractivity contribution is -0.121. The fourth-order valence-electron chi connectivity index (χ4n) is 1.94. The molecule has 21 heavy (non-hydrogen) atoms. The van der Waals surface area contributed by atoms with Crippen LogP contribution in [0.1, 0.15) is 25.8 Å². The molecule has 0 fully saturated rings. The monoisotopic (exact) mass is 316 g/mol. The number of hydrogen-bond acceptors (Lipinski definition) is 3. The quantitative estimate of drug-likeness (QED) is 0.829. The number of amides is 1. The van der Waals surface area contributed by atoms with Crippen molar-refractivity contribution in [1.29, 1.82) is 0 Å². The van der Waals surface area contributed by atoms with Crippen molar-refractivity contribution >= 4 is 15.9 Å². The van der Waals surface area contributed by atoms with E-state index in [-0.39, 0.29) is 37.3 Å². The summed E-state index contributed by atoms with van der Waals surface area (Å²) in [6.07, 6.45) is 1.16. The number of hydrogen-bond donors (Lipinski definition) is 1. The van der Waals surface area contributed by atoms with E-state index in [1.807, 2.05) is 0 Å². The van der Waals surface area contributed by atoms with E-state index in [1.54, 1.807) is 32.0 Å². The molecular formula is C14H21FN2O3S. The van der Waals surface area contributed by atoms with Gasteiger partial charge in [-0.1, -0.05) is 18.2 Å². The predicted octanol–water partition coefficient (Wildman–Crippen LogP) is 1.50. The van der Waals surface area contributed by atoms with Crippen molar-refractivity contribution in [2.75, 3.05) is 12.8 Å². The second-order valence-corrected chi connectivity index (χ2v) is 7.02. The van der Waals surface area contributed by atoms with Crippen molar-refractivity contribution < 1.29 is 17.6 Å². The molecule has 0 bridgehead atoms. The molecule has 0 saturated heterocycles. The summed E-state index contributed by atoms with van der Waals surface area (Å²) in [4.78, 5) is 11.7. The molecule has 0 radical (unpaired) electrons. The SMILES string of the molecule is CC(C)N(CCC(=O)NCc1ccccc1F)S(C)(=O)=O. The molecule has 0 atom stereocenters. The van der Waals surface area contributed by atoms with Crippen LogP contribution >= 0.6 is 0 Å². The van der Waals surface area contributed by atoms with E-state index in [0.717, 1.165) is 6.26 Å². The van der Waals surface area contributed by atoms with Gasteiger partial charge in [0.15, 0.2) is 0 Å². The van der Waals surface area contributed by atoms with Gasteiger partial charge in [-0.05, 0) is 19.9 Å². The smallest absolute Gasteiger partial charge is 0.221 e. The van der Waals surface area contributed by atoms with E-state index < -0.39 is 10.0 Å². The van der Waals surface area contributed by atoms with Crippen molar-refractivity contribution in [2.24, 2.45) is 0 Å². The van der Waals surface area contributed by atoms with Crippen molar-refractivity contribution in [1.82, 2.24) is 9.62 Å². The molecule has 0 aliphatic heterocycles. The van der Waals surface area contributed by atoms with Crippen molar-refractivity contribution in [3.8, 4) is 0 Å². The van der Waals surface area contributed by atoms with Crippen LogP contribution in [-0.4, -0.2) is 37.5 Å². The van der Waals surface area contributed by atoms with Gasteiger partial charge in [0, 0.05) is 31.1 Å². The Morgan fingerprint density at radius 3 is 2.48 bits per heavy atom. The molecule has 0 aromatic heterocycles. The van der Waals surface area contributed by atoms with E-state index in [0.29, 0.717) is 5.56 Å². The van der Waals surface area contributed by atoms with Crippen molar-refractivity contribution in [2.45, 2.75) is 32.9 Å². The lowest BCUT2D eigenvalue weighted by atomic mass is 10.2. The van der Waals surface area contributed by atoms with E-state index >= 15 is 0 Å². The van der Waals surface area contributed by atoms with E-state index in [2.05, 4.69) is 5.32 Å². The molecule has 1 N–H and O–H groups in total. The Labute approximate surface area is 125 Å². The zero-order valence-corrected chi connectivity index (χ0v) is 13.3. The first kappa shape index (κ1) is 17.6. The molecule has 0 unspecified atom stereocenters. The van der Waals surface area contributed by atoms with Crippen LogP contribution in [0.25, 0.3) is 0 Å². The Bertz CT molecular complexity index is 588. The normalized spacial score (nSPS) is 11.9. The van der Waals surface area contributed by atoms with Crippen LogP contribution in [0.5, 0.6) is 0 Å². The summed E-state index contributed by atoms with van der Waals surface area (Å²) >= 11 is 0. The Morgan fingerprint density at radius 2 is 1.95 bits per heavy atom. The summed E-state index contributed by atoms with van der Waals surface area (Å²) < 4.78 is 37.7. The summed E-state index contributed by atoms with van der Waals surface area (Å²) in [5.41, 5.74) is 0.398. The molecule has 1 aromatic rings. The van der Waals surface area contributed by atoms with Crippen LogP contribution in [0.4, 0.5) is 4.39 Å². The summed E-state index contributed by atoms with van der Waals surface area (Å²) in [6.45, 7) is 3.70. The van der Waals surface area contributed by atoms with E-state index in [4.69, 9.17) is 0 Å². The van der Waals surface area contributed by atoms with Gasteiger partial charge >= 0.3 is 0 Å². The first-order valence-electron chi connectivity index (χ1n) is 6.68. The third-order valence-electron chi connectivity index (χ3n) is 3.00. The van der Waals surface area contributed by atoms with Crippen LogP contribution in [0.15, 0.2) is 24.3 Å². The Kier molecular flexibility index (Phi) is 6.29.